The quantitative estimate of drug-likeness (QED) is 0.235. The van der Waals surface area contributed by atoms with E-state index in [9.17, 15) is 29.9 Å². The van der Waals surface area contributed by atoms with E-state index in [-0.39, 0.29) is 52.6 Å². The van der Waals surface area contributed by atoms with E-state index in [1.807, 2.05) is 6.07 Å². The van der Waals surface area contributed by atoms with Gasteiger partial charge in [0.2, 0.25) is 0 Å². The number of carboxylic acid groups (broad SMARTS) is 1. The molecule has 0 saturated heterocycles. The third-order valence-electron chi connectivity index (χ3n) is 5.81. The van der Waals surface area contributed by atoms with Crippen molar-refractivity contribution in [2.24, 2.45) is 0 Å². The molecule has 0 radical (unpaired) electrons. The first-order valence-corrected chi connectivity index (χ1v) is 13.5. The molecule has 0 saturated carbocycles. The topological polar surface area (TPSA) is 163 Å². The van der Waals surface area contributed by atoms with Crippen LogP contribution in [0.3, 0.4) is 0 Å². The van der Waals surface area contributed by atoms with Gasteiger partial charge >= 0.3 is 5.97 Å². The molecule has 5 rings (SSSR count). The second kappa shape index (κ2) is 11.1. The van der Waals surface area contributed by atoms with Gasteiger partial charge in [0.1, 0.15) is 23.1 Å². The zero-order valence-corrected chi connectivity index (χ0v) is 22.6. The van der Waals surface area contributed by atoms with Crippen molar-refractivity contribution in [3.63, 3.8) is 0 Å². The van der Waals surface area contributed by atoms with Crippen molar-refractivity contribution >= 4 is 52.2 Å². The summed E-state index contributed by atoms with van der Waals surface area (Å²) in [6, 6.07) is 13.6. The number of nitriles is 1. The highest BCUT2D eigenvalue weighted by Gasteiger charge is 2.26. The number of hydrogen-bond donors (Lipinski definition) is 3. The van der Waals surface area contributed by atoms with Gasteiger partial charge in [0, 0.05) is 21.9 Å². The lowest BCUT2D eigenvalue weighted by Gasteiger charge is -2.09. The summed E-state index contributed by atoms with van der Waals surface area (Å²) < 4.78 is 6.96. The number of pyridine rings is 1. The number of thiophene rings is 1. The number of aromatic carboxylic acids is 1. The maximum atomic E-state index is 13.5. The molecule has 0 amide bonds. The molecule has 11 nitrogen and oxygen atoms in total. The fourth-order valence-electron chi connectivity index (χ4n) is 3.89. The minimum atomic E-state index is -1.15. The molecule has 0 aliphatic heterocycles. The molecular formula is C26H17ClN6O5S2. The van der Waals surface area contributed by atoms with Crippen LogP contribution in [0.1, 0.15) is 36.9 Å². The van der Waals surface area contributed by atoms with Crippen LogP contribution in [-0.4, -0.2) is 40.8 Å². The Morgan fingerprint density at radius 2 is 1.88 bits per heavy atom. The summed E-state index contributed by atoms with van der Waals surface area (Å²) in [6.07, 6.45) is 1.23. The summed E-state index contributed by atoms with van der Waals surface area (Å²) >= 11 is 8.57. The van der Waals surface area contributed by atoms with Crippen LogP contribution in [0.15, 0.2) is 64.9 Å². The van der Waals surface area contributed by atoms with Gasteiger partial charge in [-0.1, -0.05) is 11.6 Å². The van der Waals surface area contributed by atoms with Crippen LogP contribution >= 0.6 is 34.5 Å². The monoisotopic (exact) mass is 592 g/mol. The van der Waals surface area contributed by atoms with E-state index in [1.54, 1.807) is 23.6 Å². The Bertz CT molecular complexity index is 1830. The van der Waals surface area contributed by atoms with E-state index in [2.05, 4.69) is 14.8 Å². The average molecular weight is 593 g/mol. The largest absolute Gasteiger partial charge is 0.506 e. The molecule has 0 fully saturated rings. The minimum absolute atomic E-state index is 0.00789. The highest BCUT2D eigenvalue weighted by Crippen LogP contribution is 2.34. The average Bonchev–Trinajstić information content (AvgIpc) is 3.69. The first-order chi connectivity index (χ1) is 19.2. The van der Waals surface area contributed by atoms with E-state index in [0.29, 0.717) is 10.0 Å². The zero-order chi connectivity index (χ0) is 28.4. The molecule has 0 aliphatic rings. The fourth-order valence-corrected chi connectivity index (χ4v) is 5.45. The van der Waals surface area contributed by atoms with Gasteiger partial charge in [-0.15, -0.1) is 11.3 Å². The molecule has 14 heteroatoms. The van der Waals surface area contributed by atoms with Crippen molar-refractivity contribution in [3.05, 3.63) is 102 Å². The van der Waals surface area contributed by atoms with Crippen molar-refractivity contribution in [2.45, 2.75) is 13.1 Å². The molecule has 200 valence electrons. The van der Waals surface area contributed by atoms with E-state index < -0.39 is 17.4 Å². The van der Waals surface area contributed by atoms with Crippen LogP contribution in [0.2, 0.25) is 4.34 Å². The normalized spacial score (nSPS) is 10.8. The summed E-state index contributed by atoms with van der Waals surface area (Å²) in [5.74, 6) is -2.11. The van der Waals surface area contributed by atoms with Gasteiger partial charge < -0.3 is 20.1 Å². The third kappa shape index (κ3) is 5.36. The van der Waals surface area contributed by atoms with Gasteiger partial charge in [-0.05, 0) is 54.0 Å². The molecule has 0 atom stereocenters. The van der Waals surface area contributed by atoms with Crippen LogP contribution in [0, 0.1) is 11.3 Å². The Morgan fingerprint density at radius 3 is 2.50 bits per heavy atom. The number of benzene rings is 1. The van der Waals surface area contributed by atoms with Crippen LogP contribution in [0.5, 0.6) is 5.75 Å². The SMILES string of the molecule is N#Cc1c(-c2cc(=O)n(Cc3ccsn3)cc2O)nn(C(=O)c2ccc(C(=O)O)cc2)c1NCc1ccc(Cl)s1. The number of nitrogens with zero attached hydrogens (tertiary/aromatic N) is 5. The van der Waals surface area contributed by atoms with Crippen LogP contribution in [-0.2, 0) is 13.1 Å². The lowest BCUT2D eigenvalue weighted by Crippen LogP contribution is -2.19. The summed E-state index contributed by atoms with van der Waals surface area (Å²) in [5, 5.41) is 39.3. The smallest absolute Gasteiger partial charge is 0.335 e. The van der Waals surface area contributed by atoms with E-state index in [0.717, 1.165) is 15.6 Å². The highest BCUT2D eigenvalue weighted by molar-refractivity contribution is 7.16. The molecule has 5 aromatic rings. The third-order valence-corrected chi connectivity index (χ3v) is 7.64. The Labute approximate surface area is 238 Å². The van der Waals surface area contributed by atoms with Crippen molar-refractivity contribution in [2.75, 3.05) is 5.32 Å². The lowest BCUT2D eigenvalue weighted by molar-refractivity contribution is 0.0696. The first-order valence-electron chi connectivity index (χ1n) is 11.5. The molecule has 0 aliphatic carbocycles. The van der Waals surface area contributed by atoms with E-state index in [1.165, 1.54) is 57.9 Å². The number of carbonyl (C=O) groups is 2. The number of hydrogen-bond acceptors (Lipinski definition) is 10. The van der Waals surface area contributed by atoms with Gasteiger partial charge in [0.15, 0.2) is 5.82 Å². The maximum absolute atomic E-state index is 13.5. The molecule has 0 bridgehead atoms. The molecule has 4 heterocycles. The second-order valence-electron chi connectivity index (χ2n) is 8.37. The van der Waals surface area contributed by atoms with E-state index in [4.69, 9.17) is 11.6 Å². The molecule has 0 spiro atoms. The predicted molar refractivity (Wildman–Crippen MR) is 149 cm³/mol. The number of halogens is 1. The number of carbonyl (C=O) groups excluding carboxylic acids is 1. The van der Waals surface area contributed by atoms with Gasteiger partial charge in [-0.3, -0.25) is 9.59 Å². The summed E-state index contributed by atoms with van der Waals surface area (Å²) in [7, 11) is 0. The number of aromatic hydroxyl groups is 1. The Kier molecular flexibility index (Phi) is 7.47. The first kappa shape index (κ1) is 26.8. The van der Waals surface area contributed by atoms with Crippen molar-refractivity contribution < 1.29 is 19.8 Å². The molecule has 40 heavy (non-hydrogen) atoms. The zero-order valence-electron chi connectivity index (χ0n) is 20.2. The van der Waals surface area contributed by atoms with Crippen molar-refractivity contribution in [1.82, 2.24) is 18.7 Å². The summed E-state index contributed by atoms with van der Waals surface area (Å²) in [6.45, 7) is 0.334. The predicted octanol–water partition coefficient (Wildman–Crippen LogP) is 4.51. The van der Waals surface area contributed by atoms with Crippen molar-refractivity contribution in [1.29, 1.82) is 5.26 Å². The molecule has 3 N–H and O–H groups in total. The number of rotatable bonds is 8. The molecular weight excluding hydrogens is 576 g/mol. The second-order valence-corrected chi connectivity index (χ2v) is 10.8. The lowest BCUT2D eigenvalue weighted by atomic mass is 10.1. The summed E-state index contributed by atoms with van der Waals surface area (Å²) in [5.41, 5.74) is 0.0648. The number of nitrogens with one attached hydrogen (secondary N) is 1. The van der Waals surface area contributed by atoms with Crippen LogP contribution in [0.25, 0.3) is 11.3 Å². The van der Waals surface area contributed by atoms with E-state index >= 15 is 0 Å². The number of aromatic nitrogens is 4. The van der Waals surface area contributed by atoms with Crippen LogP contribution < -0.4 is 10.9 Å². The van der Waals surface area contributed by atoms with Crippen molar-refractivity contribution in [3.8, 4) is 23.1 Å². The molecule has 1 aromatic carbocycles. The van der Waals surface area contributed by atoms with Gasteiger partial charge in [-0.2, -0.15) is 19.4 Å². The molecule has 4 aromatic heterocycles. The number of anilines is 1. The fraction of sp³-hybridized carbons (Fsp3) is 0.0769. The number of carboxylic acids is 1. The van der Waals surface area contributed by atoms with Gasteiger partial charge in [0.25, 0.3) is 11.5 Å². The Hall–Kier alpha value is -4.77. The Morgan fingerprint density at radius 1 is 1.12 bits per heavy atom. The van der Waals surface area contributed by atoms with Crippen LogP contribution in [0.4, 0.5) is 5.82 Å². The van der Waals surface area contributed by atoms with Gasteiger partial charge in [0.05, 0.1) is 40.4 Å². The Balaban J connectivity index is 1.59. The standard InChI is InChI=1S/C26H17ClN6O5S2/c27-21-6-5-17(40-21)11-29-24-19(10-28)23(30-33(24)25(36)14-1-3-15(4-2-14)26(37)38)18-9-22(35)32(13-20(18)34)12-16-7-8-39-31-16/h1-9,13,29,34H,11-12H2,(H,37,38). The minimum Gasteiger partial charge on any atom is -0.506 e. The maximum Gasteiger partial charge on any atom is 0.335 e. The molecule has 0 unspecified atom stereocenters. The highest BCUT2D eigenvalue weighted by atomic mass is 35.5. The van der Waals surface area contributed by atoms with Gasteiger partial charge in [-0.25, -0.2) is 4.79 Å². The summed E-state index contributed by atoms with van der Waals surface area (Å²) in [4.78, 5) is 38.5.